The SMILES string of the molecule is Cc1cc(NC(=O)C2CCCCN2C(=O)CCN(C)C(=O)OC(C)(C)C)ccc1-c1ccccc1OC(F)(F)F. The van der Waals surface area contributed by atoms with Crippen molar-refractivity contribution in [3.63, 3.8) is 0 Å². The molecule has 2 aromatic rings. The highest BCUT2D eigenvalue weighted by atomic mass is 19.4. The van der Waals surface area contributed by atoms with E-state index in [0.29, 0.717) is 29.8 Å². The summed E-state index contributed by atoms with van der Waals surface area (Å²) >= 11 is 0. The maximum absolute atomic E-state index is 13.2. The third kappa shape index (κ3) is 8.62. The summed E-state index contributed by atoms with van der Waals surface area (Å²) in [5, 5.41) is 2.85. The van der Waals surface area contributed by atoms with Crippen LogP contribution < -0.4 is 10.1 Å². The van der Waals surface area contributed by atoms with Gasteiger partial charge in [-0.2, -0.15) is 0 Å². The van der Waals surface area contributed by atoms with Gasteiger partial charge >= 0.3 is 12.5 Å². The lowest BCUT2D eigenvalue weighted by Crippen LogP contribution is -2.50. The number of carbonyl (C=O) groups is 3. The molecule has 218 valence electrons. The van der Waals surface area contributed by atoms with Gasteiger partial charge in [0, 0.05) is 37.8 Å². The molecule has 2 aromatic carbocycles. The summed E-state index contributed by atoms with van der Waals surface area (Å²) in [5.41, 5.74) is 1.25. The molecule has 11 heteroatoms. The second-order valence-corrected chi connectivity index (χ2v) is 10.8. The van der Waals surface area contributed by atoms with Crippen LogP contribution in [0.15, 0.2) is 42.5 Å². The van der Waals surface area contributed by atoms with Gasteiger partial charge in [0.25, 0.3) is 0 Å². The predicted octanol–water partition coefficient (Wildman–Crippen LogP) is 6.14. The number of aryl methyl sites for hydroxylation is 1. The Balaban J connectivity index is 1.67. The number of piperidine rings is 1. The number of hydrogen-bond acceptors (Lipinski definition) is 5. The molecular weight excluding hydrogens is 527 g/mol. The van der Waals surface area contributed by atoms with Crippen molar-refractivity contribution in [2.45, 2.75) is 71.4 Å². The summed E-state index contributed by atoms with van der Waals surface area (Å²) in [7, 11) is 1.56. The van der Waals surface area contributed by atoms with Gasteiger partial charge in [-0.25, -0.2) is 4.79 Å². The Bertz CT molecular complexity index is 1230. The highest BCUT2D eigenvalue weighted by molar-refractivity contribution is 5.97. The number of ether oxygens (including phenoxy) is 2. The third-order valence-corrected chi connectivity index (χ3v) is 6.39. The molecule has 0 radical (unpaired) electrons. The summed E-state index contributed by atoms with van der Waals surface area (Å²) < 4.78 is 48.1. The van der Waals surface area contributed by atoms with Crippen LogP contribution in [-0.4, -0.2) is 65.8 Å². The Morgan fingerprint density at radius 3 is 2.40 bits per heavy atom. The normalized spacial score (nSPS) is 15.8. The van der Waals surface area contributed by atoms with Gasteiger partial charge in [0.15, 0.2) is 0 Å². The van der Waals surface area contributed by atoms with Crippen LogP contribution in [0.3, 0.4) is 0 Å². The lowest BCUT2D eigenvalue weighted by molar-refractivity contribution is -0.274. The van der Waals surface area contributed by atoms with Crippen molar-refractivity contribution < 1.29 is 37.0 Å². The maximum atomic E-state index is 13.2. The van der Waals surface area contributed by atoms with E-state index in [-0.39, 0.29) is 36.1 Å². The maximum Gasteiger partial charge on any atom is 0.573 e. The fourth-order valence-corrected chi connectivity index (χ4v) is 4.51. The van der Waals surface area contributed by atoms with Gasteiger partial charge in [-0.05, 0) is 76.3 Å². The third-order valence-electron chi connectivity index (χ3n) is 6.39. The largest absolute Gasteiger partial charge is 0.573 e. The van der Waals surface area contributed by atoms with E-state index in [1.54, 1.807) is 63.9 Å². The second-order valence-electron chi connectivity index (χ2n) is 10.8. The number of amides is 3. The van der Waals surface area contributed by atoms with Gasteiger partial charge in [0.1, 0.15) is 17.4 Å². The lowest BCUT2D eigenvalue weighted by Gasteiger charge is -2.35. The van der Waals surface area contributed by atoms with Gasteiger partial charge < -0.3 is 24.6 Å². The number of para-hydroxylation sites is 1. The molecule has 1 atom stereocenters. The fraction of sp³-hybridized carbons (Fsp3) is 0.483. The molecular formula is C29H36F3N3O5. The Morgan fingerprint density at radius 2 is 1.75 bits per heavy atom. The smallest absolute Gasteiger partial charge is 0.444 e. The van der Waals surface area contributed by atoms with E-state index >= 15 is 0 Å². The average molecular weight is 564 g/mol. The molecule has 1 aliphatic rings. The van der Waals surface area contributed by atoms with E-state index in [1.807, 2.05) is 0 Å². The minimum Gasteiger partial charge on any atom is -0.444 e. The Morgan fingerprint density at radius 1 is 1.05 bits per heavy atom. The number of hydrogen-bond donors (Lipinski definition) is 1. The number of nitrogens with zero attached hydrogens (tertiary/aromatic N) is 2. The molecule has 0 spiro atoms. The van der Waals surface area contributed by atoms with Crippen LogP contribution in [0.4, 0.5) is 23.7 Å². The van der Waals surface area contributed by atoms with Crippen LogP contribution in [0.5, 0.6) is 5.75 Å². The van der Waals surface area contributed by atoms with Crippen LogP contribution in [0.25, 0.3) is 11.1 Å². The van der Waals surface area contributed by atoms with E-state index in [4.69, 9.17) is 4.74 Å². The molecule has 1 unspecified atom stereocenters. The number of likely N-dealkylation sites (tertiary alicyclic amines) is 1. The molecule has 3 amide bonds. The number of carbonyl (C=O) groups excluding carboxylic acids is 3. The minimum atomic E-state index is -4.83. The van der Waals surface area contributed by atoms with Crippen LogP contribution in [0.2, 0.25) is 0 Å². The predicted molar refractivity (Wildman–Crippen MR) is 145 cm³/mol. The first kappa shape index (κ1) is 30.8. The summed E-state index contributed by atoms with van der Waals surface area (Å²) in [6.07, 6.45) is -3.25. The Hall–Kier alpha value is -3.76. The van der Waals surface area contributed by atoms with Gasteiger partial charge in [-0.3, -0.25) is 9.59 Å². The minimum absolute atomic E-state index is 0.0483. The number of alkyl halides is 3. The first-order valence-electron chi connectivity index (χ1n) is 13.1. The van der Waals surface area contributed by atoms with E-state index in [1.165, 1.54) is 23.1 Å². The van der Waals surface area contributed by atoms with Crippen molar-refractivity contribution in [3.8, 4) is 16.9 Å². The average Bonchev–Trinajstić information content (AvgIpc) is 2.85. The van der Waals surface area contributed by atoms with Gasteiger partial charge in [0.2, 0.25) is 11.8 Å². The molecule has 1 saturated heterocycles. The van der Waals surface area contributed by atoms with E-state index in [0.717, 1.165) is 12.8 Å². The first-order valence-corrected chi connectivity index (χ1v) is 13.1. The Kier molecular flexibility index (Phi) is 9.70. The fourth-order valence-electron chi connectivity index (χ4n) is 4.51. The van der Waals surface area contributed by atoms with E-state index in [2.05, 4.69) is 10.1 Å². The standard InChI is InChI=1S/C29H36F3N3O5/c1-19-18-20(13-14-21(19)22-10-6-7-12-24(22)39-29(30,31)32)33-26(37)23-11-8-9-16-35(23)25(36)15-17-34(5)27(38)40-28(2,3)4/h6-7,10,12-14,18,23H,8-9,11,15-17H2,1-5H3,(H,33,37). The molecule has 1 aliphatic heterocycles. The van der Waals surface area contributed by atoms with Crippen LogP contribution >= 0.6 is 0 Å². The van der Waals surface area contributed by atoms with Crippen molar-refractivity contribution >= 4 is 23.6 Å². The summed E-state index contributed by atoms with van der Waals surface area (Å²) in [4.78, 5) is 41.4. The molecule has 1 N–H and O–H groups in total. The molecule has 0 aliphatic carbocycles. The topological polar surface area (TPSA) is 88.2 Å². The first-order chi connectivity index (χ1) is 18.6. The molecule has 0 saturated carbocycles. The molecule has 40 heavy (non-hydrogen) atoms. The van der Waals surface area contributed by atoms with Crippen molar-refractivity contribution in [1.29, 1.82) is 0 Å². The zero-order chi connectivity index (χ0) is 29.7. The number of nitrogens with one attached hydrogen (secondary N) is 1. The summed E-state index contributed by atoms with van der Waals surface area (Å²) in [6, 6.07) is 10.1. The van der Waals surface area contributed by atoms with E-state index < -0.39 is 24.1 Å². The van der Waals surface area contributed by atoms with Gasteiger partial charge in [0.05, 0.1) is 0 Å². The van der Waals surface area contributed by atoms with Crippen LogP contribution in [-0.2, 0) is 14.3 Å². The van der Waals surface area contributed by atoms with Gasteiger partial charge in [-0.15, -0.1) is 13.2 Å². The number of rotatable bonds is 7. The monoisotopic (exact) mass is 563 g/mol. The molecule has 3 rings (SSSR count). The highest BCUT2D eigenvalue weighted by Gasteiger charge is 2.33. The molecule has 0 aromatic heterocycles. The summed E-state index contributed by atoms with van der Waals surface area (Å²) in [6.45, 7) is 7.60. The van der Waals surface area contributed by atoms with Crippen molar-refractivity contribution in [2.24, 2.45) is 0 Å². The zero-order valence-corrected chi connectivity index (χ0v) is 23.4. The second kappa shape index (κ2) is 12.6. The number of halogens is 3. The number of anilines is 1. The highest BCUT2D eigenvalue weighted by Crippen LogP contribution is 2.36. The zero-order valence-electron chi connectivity index (χ0n) is 23.4. The van der Waals surface area contributed by atoms with Crippen LogP contribution in [0.1, 0.15) is 52.0 Å². The molecule has 0 bridgehead atoms. The van der Waals surface area contributed by atoms with Crippen molar-refractivity contribution in [3.05, 3.63) is 48.0 Å². The Labute approximate surface area is 232 Å². The molecule has 1 heterocycles. The van der Waals surface area contributed by atoms with Crippen LogP contribution in [0, 0.1) is 6.92 Å². The lowest BCUT2D eigenvalue weighted by atomic mass is 9.98. The molecule has 8 nitrogen and oxygen atoms in total. The van der Waals surface area contributed by atoms with Crippen molar-refractivity contribution in [1.82, 2.24) is 9.80 Å². The van der Waals surface area contributed by atoms with Crippen molar-refractivity contribution in [2.75, 3.05) is 25.5 Å². The number of benzene rings is 2. The molecule has 1 fully saturated rings. The quantitative estimate of drug-likeness (QED) is 0.438. The summed E-state index contributed by atoms with van der Waals surface area (Å²) in [5.74, 6) is -0.895. The van der Waals surface area contributed by atoms with E-state index in [9.17, 15) is 27.6 Å². The van der Waals surface area contributed by atoms with Gasteiger partial charge in [-0.1, -0.05) is 24.3 Å².